The van der Waals surface area contributed by atoms with Gasteiger partial charge in [-0.3, -0.25) is 4.79 Å². The topological polar surface area (TPSA) is 25.2 Å². The summed E-state index contributed by atoms with van der Waals surface area (Å²) in [5, 5.41) is 2.96. The van der Waals surface area contributed by atoms with Crippen molar-refractivity contribution in [2.75, 3.05) is 6.54 Å². The molecule has 1 atom stereocenters. The summed E-state index contributed by atoms with van der Waals surface area (Å²) in [5.74, 6) is 0.0562. The number of halogens is 2. The van der Waals surface area contributed by atoms with Crippen LogP contribution in [-0.4, -0.2) is 21.9 Å². The zero-order valence-electron chi connectivity index (χ0n) is 13.4. The van der Waals surface area contributed by atoms with Gasteiger partial charge in [0.05, 0.1) is 21.0 Å². The Bertz CT molecular complexity index is 904. The molecular formula is C19H16Cl2N2OS. The molecule has 3 nitrogen and oxygen atoms in total. The number of hydrogen-bond acceptors (Lipinski definition) is 2. The second-order valence-corrected chi connectivity index (χ2v) is 7.79. The molecule has 1 unspecified atom stereocenters. The van der Waals surface area contributed by atoms with E-state index in [1.165, 1.54) is 11.3 Å². The Morgan fingerprint density at radius 3 is 2.72 bits per heavy atom. The second-order valence-electron chi connectivity index (χ2n) is 6.03. The molecule has 0 radical (unpaired) electrons. The van der Waals surface area contributed by atoms with Gasteiger partial charge in [-0.2, -0.15) is 0 Å². The van der Waals surface area contributed by atoms with Crippen LogP contribution >= 0.6 is 34.5 Å². The fraction of sp³-hybridized carbons (Fsp3) is 0.211. The smallest absolute Gasteiger partial charge is 0.264 e. The highest BCUT2D eigenvalue weighted by Crippen LogP contribution is 2.36. The summed E-state index contributed by atoms with van der Waals surface area (Å²) in [4.78, 5) is 15.9. The van der Waals surface area contributed by atoms with Gasteiger partial charge in [-0.15, -0.1) is 11.3 Å². The minimum absolute atomic E-state index is 0.0562. The molecule has 1 amide bonds. The first-order valence-corrected chi connectivity index (χ1v) is 9.73. The summed E-state index contributed by atoms with van der Waals surface area (Å²) in [7, 11) is 0. The van der Waals surface area contributed by atoms with Crippen molar-refractivity contribution in [2.24, 2.45) is 0 Å². The molecular weight excluding hydrogens is 375 g/mol. The first-order valence-electron chi connectivity index (χ1n) is 8.09. The van der Waals surface area contributed by atoms with Gasteiger partial charge in [-0.05, 0) is 47.7 Å². The number of rotatable bonds is 2. The van der Waals surface area contributed by atoms with Crippen molar-refractivity contribution in [1.29, 1.82) is 0 Å². The maximum atomic E-state index is 13.1. The molecule has 0 saturated carbocycles. The molecule has 4 rings (SSSR count). The van der Waals surface area contributed by atoms with Gasteiger partial charge >= 0.3 is 0 Å². The Kier molecular flexibility index (Phi) is 4.59. The van der Waals surface area contributed by atoms with E-state index in [2.05, 4.69) is 16.8 Å². The van der Waals surface area contributed by atoms with E-state index in [-0.39, 0.29) is 11.9 Å². The van der Waals surface area contributed by atoms with Crippen molar-refractivity contribution in [1.82, 2.24) is 9.47 Å². The van der Waals surface area contributed by atoms with Crippen LogP contribution in [0, 0.1) is 0 Å². The van der Waals surface area contributed by atoms with Gasteiger partial charge in [-0.25, -0.2) is 0 Å². The predicted molar refractivity (Wildman–Crippen MR) is 103 cm³/mol. The minimum atomic E-state index is -0.179. The molecule has 3 aromatic rings. The predicted octanol–water partition coefficient (Wildman–Crippen LogP) is 5.49. The van der Waals surface area contributed by atoms with E-state index in [1.807, 2.05) is 40.6 Å². The molecule has 1 aliphatic heterocycles. The number of hydrogen-bond donors (Lipinski definition) is 0. The molecule has 0 saturated heterocycles. The number of aryl methyl sites for hydroxylation is 1. The molecule has 0 spiro atoms. The van der Waals surface area contributed by atoms with Gasteiger partial charge in [0, 0.05) is 25.0 Å². The van der Waals surface area contributed by atoms with Crippen LogP contribution in [-0.2, 0) is 6.54 Å². The van der Waals surface area contributed by atoms with E-state index >= 15 is 0 Å². The fourth-order valence-corrected chi connectivity index (χ4v) is 4.36. The number of aromatic nitrogens is 1. The molecule has 0 N–H and O–H groups in total. The zero-order valence-corrected chi connectivity index (χ0v) is 15.7. The van der Waals surface area contributed by atoms with Crippen LogP contribution < -0.4 is 0 Å². The number of nitrogens with zero attached hydrogens (tertiary/aromatic N) is 2. The molecule has 0 fully saturated rings. The number of thiophene rings is 1. The summed E-state index contributed by atoms with van der Waals surface area (Å²) in [6.07, 6.45) is 2.98. The van der Waals surface area contributed by atoms with Crippen molar-refractivity contribution in [3.05, 3.63) is 80.2 Å². The molecule has 1 aliphatic rings. The molecule has 0 aliphatic carbocycles. The van der Waals surface area contributed by atoms with Crippen LogP contribution in [0.5, 0.6) is 0 Å². The standard InChI is InChI=1S/C19H16Cl2N2OS/c20-14-7-6-13(12-15(14)21)18-16-4-1-8-22(16)9-3-10-23(18)19(24)17-5-2-11-25-17/h1-2,4-8,11-12,18H,3,9-10H2. The van der Waals surface area contributed by atoms with Crippen molar-refractivity contribution < 1.29 is 4.79 Å². The summed E-state index contributed by atoms with van der Waals surface area (Å²) in [6.45, 7) is 1.59. The van der Waals surface area contributed by atoms with E-state index in [9.17, 15) is 4.79 Å². The maximum absolute atomic E-state index is 13.1. The van der Waals surface area contributed by atoms with Gasteiger partial charge in [0.2, 0.25) is 0 Å². The van der Waals surface area contributed by atoms with E-state index in [0.29, 0.717) is 16.6 Å². The Hall–Kier alpha value is -1.75. The van der Waals surface area contributed by atoms with Crippen LogP contribution in [0.1, 0.15) is 33.4 Å². The lowest BCUT2D eigenvalue weighted by Crippen LogP contribution is -2.35. The average molecular weight is 391 g/mol. The highest BCUT2D eigenvalue weighted by atomic mass is 35.5. The normalized spacial score (nSPS) is 17.2. The number of benzene rings is 1. The first kappa shape index (κ1) is 16.7. The maximum Gasteiger partial charge on any atom is 0.264 e. The van der Waals surface area contributed by atoms with Crippen LogP contribution in [0.3, 0.4) is 0 Å². The zero-order chi connectivity index (χ0) is 17.4. The monoisotopic (exact) mass is 390 g/mol. The Morgan fingerprint density at radius 1 is 1.08 bits per heavy atom. The summed E-state index contributed by atoms with van der Waals surface area (Å²) < 4.78 is 2.22. The van der Waals surface area contributed by atoms with Gasteiger partial charge in [0.1, 0.15) is 0 Å². The number of carbonyl (C=O) groups excluding carboxylic acids is 1. The van der Waals surface area contributed by atoms with Crippen molar-refractivity contribution in [2.45, 2.75) is 19.0 Å². The largest absolute Gasteiger partial charge is 0.349 e. The van der Waals surface area contributed by atoms with Crippen LogP contribution in [0.4, 0.5) is 0 Å². The molecule has 25 heavy (non-hydrogen) atoms. The highest BCUT2D eigenvalue weighted by Gasteiger charge is 2.32. The summed E-state index contributed by atoms with van der Waals surface area (Å²) >= 11 is 13.8. The van der Waals surface area contributed by atoms with Crippen LogP contribution in [0.25, 0.3) is 0 Å². The van der Waals surface area contributed by atoms with E-state index in [4.69, 9.17) is 23.2 Å². The van der Waals surface area contributed by atoms with Crippen molar-refractivity contribution in [3.63, 3.8) is 0 Å². The fourth-order valence-electron chi connectivity index (χ4n) is 3.37. The van der Waals surface area contributed by atoms with Gasteiger partial charge in [0.25, 0.3) is 5.91 Å². The molecule has 6 heteroatoms. The van der Waals surface area contributed by atoms with Gasteiger partial charge in [-0.1, -0.05) is 35.3 Å². The van der Waals surface area contributed by atoms with E-state index in [1.54, 1.807) is 6.07 Å². The van der Waals surface area contributed by atoms with E-state index in [0.717, 1.165) is 29.1 Å². The Balaban J connectivity index is 1.83. The summed E-state index contributed by atoms with van der Waals surface area (Å²) in [5.41, 5.74) is 2.07. The van der Waals surface area contributed by atoms with Crippen molar-refractivity contribution >= 4 is 40.4 Å². The lowest BCUT2D eigenvalue weighted by molar-refractivity contribution is 0.0714. The third-order valence-corrected chi connectivity index (χ3v) is 6.10. The molecule has 0 bridgehead atoms. The summed E-state index contributed by atoms with van der Waals surface area (Å²) in [6, 6.07) is 13.3. The Labute approximate surface area is 160 Å². The number of fused-ring (bicyclic) bond motifs is 1. The third-order valence-electron chi connectivity index (χ3n) is 4.51. The Morgan fingerprint density at radius 2 is 1.96 bits per heavy atom. The minimum Gasteiger partial charge on any atom is -0.349 e. The lowest BCUT2D eigenvalue weighted by atomic mass is 10.0. The number of carbonyl (C=O) groups is 1. The lowest BCUT2D eigenvalue weighted by Gasteiger charge is -2.30. The molecule has 128 valence electrons. The number of amides is 1. The first-order chi connectivity index (χ1) is 12.1. The van der Waals surface area contributed by atoms with Crippen LogP contribution in [0.2, 0.25) is 10.0 Å². The van der Waals surface area contributed by atoms with Crippen molar-refractivity contribution in [3.8, 4) is 0 Å². The molecule has 3 heterocycles. The van der Waals surface area contributed by atoms with Crippen LogP contribution in [0.15, 0.2) is 54.0 Å². The SMILES string of the molecule is O=C(c1cccs1)N1CCCn2cccc2C1c1ccc(Cl)c(Cl)c1. The third kappa shape index (κ3) is 3.10. The highest BCUT2D eigenvalue weighted by molar-refractivity contribution is 7.12. The van der Waals surface area contributed by atoms with Gasteiger partial charge in [0.15, 0.2) is 0 Å². The molecule has 1 aromatic carbocycles. The second kappa shape index (κ2) is 6.87. The average Bonchev–Trinajstić information content (AvgIpc) is 3.26. The van der Waals surface area contributed by atoms with Gasteiger partial charge < -0.3 is 9.47 Å². The van der Waals surface area contributed by atoms with E-state index < -0.39 is 0 Å². The molecule has 2 aromatic heterocycles. The quantitative estimate of drug-likeness (QED) is 0.567.